The molecule has 1 amide bonds. The molecule has 2 aromatic heterocycles. The average Bonchev–Trinajstić information content (AvgIpc) is 3.24. The fraction of sp³-hybridized carbons (Fsp3) is 0.333. The molecular formula is C21H23N5O2. The van der Waals surface area contributed by atoms with Gasteiger partial charge >= 0.3 is 0 Å². The lowest BCUT2D eigenvalue weighted by molar-refractivity contribution is 0.0653. The Morgan fingerprint density at radius 1 is 1.14 bits per heavy atom. The van der Waals surface area contributed by atoms with Gasteiger partial charge in [-0.25, -0.2) is 4.98 Å². The first-order chi connectivity index (χ1) is 13.7. The first-order valence-electron chi connectivity index (χ1n) is 9.52. The number of amides is 1. The molecule has 0 atom stereocenters. The lowest BCUT2D eigenvalue weighted by atomic mass is 9.97. The highest BCUT2D eigenvalue weighted by molar-refractivity contribution is 5.92. The molecule has 3 heterocycles. The molecule has 7 heteroatoms. The van der Waals surface area contributed by atoms with Crippen LogP contribution in [0.15, 0.2) is 54.9 Å². The molecule has 1 fully saturated rings. The summed E-state index contributed by atoms with van der Waals surface area (Å²) in [7, 11) is 0. The first kappa shape index (κ1) is 18.2. The second-order valence-corrected chi connectivity index (χ2v) is 7.03. The zero-order valence-electron chi connectivity index (χ0n) is 15.9. The van der Waals surface area contributed by atoms with Gasteiger partial charge in [-0.3, -0.25) is 4.79 Å². The lowest BCUT2D eigenvalue weighted by Gasteiger charge is -2.31. The maximum atomic E-state index is 12.7. The summed E-state index contributed by atoms with van der Waals surface area (Å²) in [6.07, 6.45) is 5.09. The Bertz CT molecular complexity index is 933. The van der Waals surface area contributed by atoms with Gasteiger partial charge < -0.3 is 9.64 Å². The summed E-state index contributed by atoms with van der Waals surface area (Å²) in [4.78, 5) is 20.4. The molecule has 1 saturated heterocycles. The van der Waals surface area contributed by atoms with E-state index in [1.165, 1.54) is 11.0 Å². The summed E-state index contributed by atoms with van der Waals surface area (Å²) >= 11 is 0. The van der Waals surface area contributed by atoms with Gasteiger partial charge in [0, 0.05) is 24.8 Å². The number of hydrogen-bond acceptors (Lipinski definition) is 5. The van der Waals surface area contributed by atoms with E-state index in [0.29, 0.717) is 37.2 Å². The molecule has 3 aromatic rings. The van der Waals surface area contributed by atoms with E-state index in [1.54, 1.807) is 6.20 Å². The number of carbonyl (C=O) groups is 1. The van der Waals surface area contributed by atoms with Crippen LogP contribution in [0.5, 0.6) is 5.88 Å². The van der Waals surface area contributed by atoms with E-state index >= 15 is 0 Å². The monoisotopic (exact) mass is 377 g/mol. The number of aromatic nitrogens is 4. The van der Waals surface area contributed by atoms with Crippen LogP contribution in [-0.2, 0) is 0 Å². The summed E-state index contributed by atoms with van der Waals surface area (Å²) < 4.78 is 5.87. The molecule has 0 bridgehead atoms. The number of likely N-dealkylation sites (tertiary alicyclic amines) is 1. The summed E-state index contributed by atoms with van der Waals surface area (Å²) in [6.45, 7) is 4.02. The predicted octanol–water partition coefficient (Wildman–Crippen LogP) is 2.90. The van der Waals surface area contributed by atoms with Crippen LogP contribution in [-0.4, -0.2) is 50.5 Å². The van der Waals surface area contributed by atoms with Gasteiger partial charge in [-0.05, 0) is 43.9 Å². The third-order valence-electron chi connectivity index (χ3n) is 5.02. The van der Waals surface area contributed by atoms with Crippen molar-refractivity contribution < 1.29 is 9.53 Å². The van der Waals surface area contributed by atoms with Crippen LogP contribution in [0.4, 0.5) is 0 Å². The summed E-state index contributed by atoms with van der Waals surface area (Å²) in [6, 6.07) is 13.5. The molecule has 7 nitrogen and oxygen atoms in total. The molecule has 0 aliphatic carbocycles. The average molecular weight is 377 g/mol. The third kappa shape index (κ3) is 4.03. The molecule has 1 aliphatic rings. The van der Waals surface area contributed by atoms with Gasteiger partial charge in [0.05, 0.1) is 18.5 Å². The molecule has 4 rings (SSSR count). The summed E-state index contributed by atoms with van der Waals surface area (Å²) in [5.41, 5.74) is 2.25. The number of piperidine rings is 1. The van der Waals surface area contributed by atoms with Gasteiger partial charge in [0.2, 0.25) is 5.88 Å². The number of benzene rings is 1. The number of para-hydroxylation sites is 1. The normalized spacial score (nSPS) is 14.8. The second kappa shape index (κ2) is 8.21. The molecule has 1 aliphatic heterocycles. The van der Waals surface area contributed by atoms with Crippen LogP contribution in [0.2, 0.25) is 0 Å². The van der Waals surface area contributed by atoms with Crippen LogP contribution in [0.1, 0.15) is 28.9 Å². The molecule has 0 saturated carbocycles. The highest BCUT2D eigenvalue weighted by atomic mass is 16.5. The Hall–Kier alpha value is -3.22. The Kier molecular flexibility index (Phi) is 5.32. The predicted molar refractivity (Wildman–Crippen MR) is 104 cm³/mol. The van der Waals surface area contributed by atoms with Crippen molar-refractivity contribution in [2.24, 2.45) is 5.92 Å². The van der Waals surface area contributed by atoms with E-state index in [-0.39, 0.29) is 5.91 Å². The Balaban J connectivity index is 1.31. The van der Waals surface area contributed by atoms with Gasteiger partial charge in [0.1, 0.15) is 0 Å². The topological polar surface area (TPSA) is 73.1 Å². The minimum Gasteiger partial charge on any atom is -0.477 e. The minimum atomic E-state index is -0.0675. The van der Waals surface area contributed by atoms with Crippen LogP contribution < -0.4 is 4.74 Å². The largest absolute Gasteiger partial charge is 0.477 e. The summed E-state index contributed by atoms with van der Waals surface area (Å²) in [5, 5.41) is 8.56. The van der Waals surface area contributed by atoms with E-state index in [2.05, 4.69) is 15.2 Å². The van der Waals surface area contributed by atoms with E-state index in [4.69, 9.17) is 4.74 Å². The highest BCUT2D eigenvalue weighted by Crippen LogP contribution is 2.21. The maximum absolute atomic E-state index is 12.7. The Morgan fingerprint density at radius 2 is 1.93 bits per heavy atom. The van der Waals surface area contributed by atoms with E-state index in [9.17, 15) is 4.79 Å². The SMILES string of the molecule is Cc1cccnc1OCC1CCN(C(=O)c2cnn(-c3ccccc3)n2)CC1. The van der Waals surface area contributed by atoms with Crippen molar-refractivity contribution in [2.75, 3.05) is 19.7 Å². The number of rotatable bonds is 5. The minimum absolute atomic E-state index is 0.0675. The van der Waals surface area contributed by atoms with Crippen molar-refractivity contribution in [1.82, 2.24) is 24.9 Å². The number of pyridine rings is 1. The van der Waals surface area contributed by atoms with Crippen molar-refractivity contribution in [2.45, 2.75) is 19.8 Å². The molecule has 0 spiro atoms. The molecule has 1 aromatic carbocycles. The smallest absolute Gasteiger partial charge is 0.276 e. The van der Waals surface area contributed by atoms with E-state index in [0.717, 1.165) is 24.1 Å². The van der Waals surface area contributed by atoms with Crippen molar-refractivity contribution in [3.8, 4) is 11.6 Å². The second-order valence-electron chi connectivity index (χ2n) is 7.03. The zero-order chi connectivity index (χ0) is 19.3. The van der Waals surface area contributed by atoms with Gasteiger partial charge in [-0.2, -0.15) is 9.90 Å². The number of hydrogen-bond donors (Lipinski definition) is 0. The molecule has 0 N–H and O–H groups in total. The number of aryl methyl sites for hydroxylation is 1. The summed E-state index contributed by atoms with van der Waals surface area (Å²) in [5.74, 6) is 1.05. The van der Waals surface area contributed by atoms with E-state index < -0.39 is 0 Å². The molecule has 0 radical (unpaired) electrons. The zero-order valence-corrected chi connectivity index (χ0v) is 15.9. The Morgan fingerprint density at radius 3 is 2.68 bits per heavy atom. The van der Waals surface area contributed by atoms with E-state index in [1.807, 2.05) is 54.3 Å². The lowest BCUT2D eigenvalue weighted by Crippen LogP contribution is -2.40. The third-order valence-corrected chi connectivity index (χ3v) is 5.02. The van der Waals surface area contributed by atoms with Crippen molar-refractivity contribution in [1.29, 1.82) is 0 Å². The van der Waals surface area contributed by atoms with Crippen LogP contribution in [0.25, 0.3) is 5.69 Å². The fourth-order valence-corrected chi connectivity index (χ4v) is 3.33. The standard InChI is InChI=1S/C21H23N5O2/c1-16-6-5-11-22-20(16)28-15-17-9-12-25(13-10-17)21(27)19-14-23-26(24-19)18-7-3-2-4-8-18/h2-8,11,14,17H,9-10,12-13,15H2,1H3. The van der Waals surface area contributed by atoms with Gasteiger partial charge in [-0.15, -0.1) is 5.10 Å². The van der Waals surface area contributed by atoms with Crippen molar-refractivity contribution in [3.63, 3.8) is 0 Å². The number of carbonyl (C=O) groups excluding carboxylic acids is 1. The van der Waals surface area contributed by atoms with Crippen LogP contribution in [0.3, 0.4) is 0 Å². The first-order valence-corrected chi connectivity index (χ1v) is 9.52. The maximum Gasteiger partial charge on any atom is 0.276 e. The number of ether oxygens (including phenoxy) is 1. The molecule has 144 valence electrons. The van der Waals surface area contributed by atoms with Crippen LogP contribution in [0, 0.1) is 12.8 Å². The Labute approximate surface area is 164 Å². The van der Waals surface area contributed by atoms with Crippen molar-refractivity contribution in [3.05, 3.63) is 66.1 Å². The highest BCUT2D eigenvalue weighted by Gasteiger charge is 2.26. The quantitative estimate of drug-likeness (QED) is 0.684. The number of nitrogens with zero attached hydrogens (tertiary/aromatic N) is 5. The van der Waals surface area contributed by atoms with Crippen LogP contribution >= 0.6 is 0 Å². The van der Waals surface area contributed by atoms with Gasteiger partial charge in [0.15, 0.2) is 5.69 Å². The molecule has 28 heavy (non-hydrogen) atoms. The van der Waals surface area contributed by atoms with Gasteiger partial charge in [-0.1, -0.05) is 24.3 Å². The fourth-order valence-electron chi connectivity index (χ4n) is 3.33. The van der Waals surface area contributed by atoms with Crippen molar-refractivity contribution >= 4 is 5.91 Å². The molecular weight excluding hydrogens is 354 g/mol. The van der Waals surface area contributed by atoms with Gasteiger partial charge in [0.25, 0.3) is 5.91 Å². The molecule has 0 unspecified atom stereocenters.